The van der Waals surface area contributed by atoms with E-state index in [1.165, 1.54) is 0 Å². The van der Waals surface area contributed by atoms with Gasteiger partial charge in [-0.05, 0) is 54.7 Å². The van der Waals surface area contributed by atoms with Gasteiger partial charge in [0.1, 0.15) is 0 Å². The predicted octanol–water partition coefficient (Wildman–Crippen LogP) is 4.13. The molecule has 1 aromatic carbocycles. The third kappa shape index (κ3) is 3.34. The van der Waals surface area contributed by atoms with Gasteiger partial charge in [0.05, 0.1) is 19.8 Å². The molecule has 0 saturated heterocycles. The van der Waals surface area contributed by atoms with Gasteiger partial charge in [-0.15, -0.1) is 0 Å². The standard InChI is InChI=1S/C18H28O3/c1-17(2,3)13-8-10-18(19,11-9-13)14-6-7-15(20-4)16(12-14)21-5/h6-7,12-13,19H,8-11H2,1-5H3. The fraction of sp³-hybridized carbons (Fsp3) is 0.667. The Morgan fingerprint density at radius 3 is 2.10 bits per heavy atom. The molecular weight excluding hydrogens is 264 g/mol. The van der Waals surface area contributed by atoms with Crippen molar-refractivity contribution in [3.05, 3.63) is 23.8 Å². The molecule has 3 heteroatoms. The molecule has 0 aliphatic heterocycles. The molecule has 118 valence electrons. The van der Waals surface area contributed by atoms with Gasteiger partial charge in [-0.1, -0.05) is 26.8 Å². The summed E-state index contributed by atoms with van der Waals surface area (Å²) in [7, 11) is 3.25. The SMILES string of the molecule is COc1ccc(C2(O)CCC(C(C)(C)C)CC2)cc1OC. The second-order valence-electron chi connectivity index (χ2n) is 7.24. The molecule has 0 bridgehead atoms. The Balaban J connectivity index is 2.19. The number of methoxy groups -OCH3 is 2. The summed E-state index contributed by atoms with van der Waals surface area (Å²) >= 11 is 0. The zero-order valence-corrected chi connectivity index (χ0v) is 13.9. The summed E-state index contributed by atoms with van der Waals surface area (Å²) < 4.78 is 10.6. The average Bonchev–Trinajstić information content (AvgIpc) is 2.46. The van der Waals surface area contributed by atoms with Crippen molar-refractivity contribution in [3.63, 3.8) is 0 Å². The van der Waals surface area contributed by atoms with E-state index in [-0.39, 0.29) is 0 Å². The molecule has 1 fully saturated rings. The maximum atomic E-state index is 11.0. The Kier molecular flexibility index (Phi) is 4.52. The molecule has 1 aliphatic rings. The molecule has 0 spiro atoms. The summed E-state index contributed by atoms with van der Waals surface area (Å²) in [5.74, 6) is 2.06. The summed E-state index contributed by atoms with van der Waals surface area (Å²) in [5.41, 5.74) is 0.521. The van der Waals surface area contributed by atoms with Gasteiger partial charge in [-0.25, -0.2) is 0 Å². The zero-order chi connectivity index (χ0) is 15.7. The van der Waals surface area contributed by atoms with E-state index < -0.39 is 5.60 Å². The fourth-order valence-electron chi connectivity index (χ4n) is 3.38. The zero-order valence-electron chi connectivity index (χ0n) is 13.9. The summed E-state index contributed by atoms with van der Waals surface area (Å²) in [6.07, 6.45) is 3.75. The minimum Gasteiger partial charge on any atom is -0.493 e. The first-order valence-corrected chi connectivity index (χ1v) is 7.75. The first-order chi connectivity index (χ1) is 9.80. The van der Waals surface area contributed by atoms with E-state index in [1.807, 2.05) is 18.2 Å². The molecule has 1 aromatic rings. The molecule has 0 unspecified atom stereocenters. The summed E-state index contributed by atoms with van der Waals surface area (Å²) in [6, 6.07) is 5.75. The van der Waals surface area contributed by atoms with Gasteiger partial charge in [0.2, 0.25) is 0 Å². The first kappa shape index (κ1) is 16.2. The first-order valence-electron chi connectivity index (χ1n) is 7.75. The Bertz CT molecular complexity index is 480. The lowest BCUT2D eigenvalue weighted by Crippen LogP contribution is -2.35. The second-order valence-corrected chi connectivity index (χ2v) is 7.24. The van der Waals surface area contributed by atoms with E-state index in [0.717, 1.165) is 31.2 Å². The summed E-state index contributed by atoms with van der Waals surface area (Å²) in [4.78, 5) is 0. The predicted molar refractivity (Wildman–Crippen MR) is 84.9 cm³/mol. The van der Waals surface area contributed by atoms with Crippen LogP contribution in [0.1, 0.15) is 52.0 Å². The van der Waals surface area contributed by atoms with Crippen molar-refractivity contribution in [1.29, 1.82) is 0 Å². The van der Waals surface area contributed by atoms with Crippen LogP contribution in [0.2, 0.25) is 0 Å². The Morgan fingerprint density at radius 2 is 1.62 bits per heavy atom. The van der Waals surface area contributed by atoms with Gasteiger partial charge in [0.25, 0.3) is 0 Å². The molecule has 0 aromatic heterocycles. The van der Waals surface area contributed by atoms with Gasteiger partial charge in [-0.3, -0.25) is 0 Å². The monoisotopic (exact) mass is 292 g/mol. The van der Waals surface area contributed by atoms with Crippen LogP contribution in [0.15, 0.2) is 18.2 Å². The van der Waals surface area contributed by atoms with Crippen molar-refractivity contribution in [2.75, 3.05) is 14.2 Å². The lowest BCUT2D eigenvalue weighted by Gasteiger charge is -2.41. The lowest BCUT2D eigenvalue weighted by molar-refractivity contribution is -0.0299. The molecule has 1 N–H and O–H groups in total. The van der Waals surface area contributed by atoms with Crippen LogP contribution >= 0.6 is 0 Å². The highest BCUT2D eigenvalue weighted by Crippen LogP contribution is 2.46. The quantitative estimate of drug-likeness (QED) is 0.910. The highest BCUT2D eigenvalue weighted by atomic mass is 16.5. The normalized spacial score (nSPS) is 26.5. The number of hydrogen-bond acceptors (Lipinski definition) is 3. The van der Waals surface area contributed by atoms with Crippen molar-refractivity contribution in [3.8, 4) is 11.5 Å². The molecule has 0 atom stereocenters. The van der Waals surface area contributed by atoms with E-state index in [9.17, 15) is 5.11 Å². The third-order valence-corrected chi connectivity index (χ3v) is 4.96. The fourth-order valence-corrected chi connectivity index (χ4v) is 3.38. The maximum Gasteiger partial charge on any atom is 0.161 e. The third-order valence-electron chi connectivity index (χ3n) is 4.96. The maximum absolute atomic E-state index is 11.0. The van der Waals surface area contributed by atoms with Gasteiger partial charge in [-0.2, -0.15) is 0 Å². The molecular formula is C18H28O3. The van der Waals surface area contributed by atoms with E-state index in [1.54, 1.807) is 14.2 Å². The van der Waals surface area contributed by atoms with Crippen molar-refractivity contribution in [2.45, 2.75) is 52.1 Å². The molecule has 0 heterocycles. The number of benzene rings is 1. The minimum atomic E-state index is -0.735. The Labute approximate surface area is 128 Å². The van der Waals surface area contributed by atoms with E-state index in [0.29, 0.717) is 22.8 Å². The minimum absolute atomic E-state index is 0.318. The van der Waals surface area contributed by atoms with E-state index in [4.69, 9.17) is 9.47 Å². The summed E-state index contributed by atoms with van der Waals surface area (Å²) in [6.45, 7) is 6.87. The lowest BCUT2D eigenvalue weighted by atomic mass is 9.67. The topological polar surface area (TPSA) is 38.7 Å². The molecule has 0 amide bonds. The van der Waals surface area contributed by atoms with Crippen molar-refractivity contribution in [1.82, 2.24) is 0 Å². The van der Waals surface area contributed by atoms with E-state index >= 15 is 0 Å². The van der Waals surface area contributed by atoms with Crippen molar-refractivity contribution >= 4 is 0 Å². The molecule has 3 nitrogen and oxygen atoms in total. The van der Waals surface area contributed by atoms with Crippen LogP contribution in [0, 0.1) is 11.3 Å². The van der Waals surface area contributed by atoms with E-state index in [2.05, 4.69) is 20.8 Å². The number of rotatable bonds is 3. The highest BCUT2D eigenvalue weighted by molar-refractivity contribution is 5.44. The number of hydrogen-bond donors (Lipinski definition) is 1. The van der Waals surface area contributed by atoms with Gasteiger partial charge in [0.15, 0.2) is 11.5 Å². The van der Waals surface area contributed by atoms with Crippen LogP contribution < -0.4 is 9.47 Å². The molecule has 21 heavy (non-hydrogen) atoms. The average molecular weight is 292 g/mol. The van der Waals surface area contributed by atoms with Crippen LogP contribution in [0.25, 0.3) is 0 Å². The summed E-state index contributed by atoms with van der Waals surface area (Å²) in [5, 5.41) is 11.0. The Hall–Kier alpha value is -1.22. The molecule has 0 radical (unpaired) electrons. The number of aliphatic hydroxyl groups is 1. The van der Waals surface area contributed by atoms with Gasteiger partial charge in [0, 0.05) is 0 Å². The van der Waals surface area contributed by atoms with Gasteiger partial charge < -0.3 is 14.6 Å². The largest absolute Gasteiger partial charge is 0.493 e. The van der Waals surface area contributed by atoms with Crippen LogP contribution in [0.5, 0.6) is 11.5 Å². The van der Waals surface area contributed by atoms with Crippen molar-refractivity contribution in [2.24, 2.45) is 11.3 Å². The van der Waals surface area contributed by atoms with Crippen LogP contribution in [0.4, 0.5) is 0 Å². The molecule has 1 aliphatic carbocycles. The van der Waals surface area contributed by atoms with Crippen molar-refractivity contribution < 1.29 is 14.6 Å². The molecule has 1 saturated carbocycles. The smallest absolute Gasteiger partial charge is 0.161 e. The van der Waals surface area contributed by atoms with Crippen LogP contribution in [-0.2, 0) is 5.60 Å². The second kappa shape index (κ2) is 5.88. The van der Waals surface area contributed by atoms with Crippen LogP contribution in [0.3, 0.4) is 0 Å². The molecule has 2 rings (SSSR count). The number of ether oxygens (including phenoxy) is 2. The van der Waals surface area contributed by atoms with Gasteiger partial charge >= 0.3 is 0 Å². The highest BCUT2D eigenvalue weighted by Gasteiger charge is 2.38. The Morgan fingerprint density at radius 1 is 1.05 bits per heavy atom. The van der Waals surface area contributed by atoms with Crippen LogP contribution in [-0.4, -0.2) is 19.3 Å².